The number of benzene rings is 1. The summed E-state index contributed by atoms with van der Waals surface area (Å²) in [7, 11) is 0. The fraction of sp³-hybridized carbons (Fsp3) is 0.562. The highest BCUT2D eigenvalue weighted by Gasteiger charge is 2.15. The van der Waals surface area contributed by atoms with Gasteiger partial charge in [0, 0.05) is 12.0 Å². The Hall–Kier alpha value is -1.35. The second-order valence-corrected chi connectivity index (χ2v) is 5.37. The summed E-state index contributed by atoms with van der Waals surface area (Å²) >= 11 is 0. The van der Waals surface area contributed by atoms with Crippen LogP contribution in [0.25, 0.3) is 0 Å². The number of nitrogens with one attached hydrogen (secondary N) is 1. The largest absolute Gasteiger partial charge is 0.353 e. The van der Waals surface area contributed by atoms with Crippen LogP contribution in [0, 0.1) is 12.8 Å². The summed E-state index contributed by atoms with van der Waals surface area (Å²) in [6.45, 7) is 6.77. The lowest BCUT2D eigenvalue weighted by Gasteiger charge is -2.18. The number of carbonyl (C=O) groups excluding carboxylic acids is 1. The van der Waals surface area contributed by atoms with Gasteiger partial charge in [0.1, 0.15) is 0 Å². The summed E-state index contributed by atoms with van der Waals surface area (Å²) in [5, 5.41) is 3.08. The van der Waals surface area contributed by atoms with E-state index < -0.39 is 0 Å². The molecule has 2 unspecified atom stereocenters. The van der Waals surface area contributed by atoms with Crippen molar-refractivity contribution in [3.8, 4) is 0 Å². The van der Waals surface area contributed by atoms with Gasteiger partial charge in [0.05, 0.1) is 0 Å². The Morgan fingerprint density at radius 1 is 1.32 bits per heavy atom. The maximum absolute atomic E-state index is 12.0. The Balaban J connectivity index is 2.45. The summed E-state index contributed by atoms with van der Waals surface area (Å²) < 4.78 is 0. The fourth-order valence-corrected chi connectivity index (χ4v) is 2.16. The number of amides is 1. The van der Waals surface area contributed by atoms with Crippen LogP contribution in [0.1, 0.15) is 37.8 Å². The molecule has 0 fully saturated rings. The van der Waals surface area contributed by atoms with Gasteiger partial charge in [-0.15, -0.1) is 0 Å². The van der Waals surface area contributed by atoms with E-state index in [2.05, 4.69) is 31.3 Å². The number of carbonyl (C=O) groups is 1. The zero-order valence-corrected chi connectivity index (χ0v) is 12.3. The third-order valence-electron chi connectivity index (χ3n) is 3.46. The van der Waals surface area contributed by atoms with Gasteiger partial charge < -0.3 is 11.1 Å². The molecule has 1 aromatic carbocycles. The van der Waals surface area contributed by atoms with Crippen molar-refractivity contribution in [1.82, 2.24) is 5.32 Å². The van der Waals surface area contributed by atoms with Gasteiger partial charge in [0.15, 0.2) is 0 Å². The molecule has 1 amide bonds. The fourth-order valence-electron chi connectivity index (χ4n) is 2.16. The first-order valence-corrected chi connectivity index (χ1v) is 7.09. The van der Waals surface area contributed by atoms with E-state index in [0.29, 0.717) is 6.54 Å². The lowest BCUT2D eigenvalue weighted by molar-refractivity contribution is -0.125. The van der Waals surface area contributed by atoms with Gasteiger partial charge in [-0.1, -0.05) is 31.2 Å². The van der Waals surface area contributed by atoms with Crippen molar-refractivity contribution in [3.05, 3.63) is 35.4 Å². The highest BCUT2D eigenvalue weighted by Crippen LogP contribution is 2.11. The van der Waals surface area contributed by atoms with Crippen LogP contribution in [-0.2, 0) is 11.2 Å². The number of aryl methyl sites for hydroxylation is 1. The Morgan fingerprint density at radius 2 is 2.00 bits per heavy atom. The molecular weight excluding hydrogens is 236 g/mol. The minimum atomic E-state index is 0.0443. The van der Waals surface area contributed by atoms with Crippen molar-refractivity contribution >= 4 is 5.91 Å². The van der Waals surface area contributed by atoms with Crippen molar-refractivity contribution in [3.63, 3.8) is 0 Å². The molecule has 0 spiro atoms. The van der Waals surface area contributed by atoms with Gasteiger partial charge in [0.25, 0.3) is 0 Å². The van der Waals surface area contributed by atoms with Gasteiger partial charge in [-0.25, -0.2) is 0 Å². The molecule has 0 aliphatic rings. The van der Waals surface area contributed by atoms with E-state index in [1.807, 2.05) is 19.1 Å². The molecule has 2 atom stereocenters. The molecule has 0 saturated heterocycles. The van der Waals surface area contributed by atoms with Crippen molar-refractivity contribution in [2.24, 2.45) is 11.7 Å². The Labute approximate surface area is 116 Å². The topological polar surface area (TPSA) is 55.1 Å². The van der Waals surface area contributed by atoms with E-state index in [-0.39, 0.29) is 17.9 Å². The van der Waals surface area contributed by atoms with Gasteiger partial charge in [-0.2, -0.15) is 0 Å². The molecule has 0 radical (unpaired) electrons. The molecule has 0 saturated carbocycles. The average molecular weight is 262 g/mol. The van der Waals surface area contributed by atoms with Crippen LogP contribution in [-0.4, -0.2) is 18.5 Å². The number of nitrogens with two attached hydrogens (primary N) is 1. The third-order valence-corrected chi connectivity index (χ3v) is 3.46. The molecule has 106 valence electrons. The van der Waals surface area contributed by atoms with Crippen LogP contribution in [0.3, 0.4) is 0 Å². The normalized spacial score (nSPS) is 13.9. The Bertz CT molecular complexity index is 403. The van der Waals surface area contributed by atoms with Crippen molar-refractivity contribution in [1.29, 1.82) is 0 Å². The highest BCUT2D eigenvalue weighted by molar-refractivity contribution is 5.78. The Morgan fingerprint density at radius 3 is 2.63 bits per heavy atom. The first kappa shape index (κ1) is 15.7. The van der Waals surface area contributed by atoms with E-state index in [0.717, 1.165) is 19.3 Å². The SMILES string of the molecule is Cc1ccccc1CC(C)NC(=O)C(C)CCCN. The van der Waals surface area contributed by atoms with Crippen LogP contribution in [0.4, 0.5) is 0 Å². The quantitative estimate of drug-likeness (QED) is 0.793. The Kier molecular flexibility index (Phi) is 6.57. The van der Waals surface area contributed by atoms with Crippen molar-refractivity contribution in [2.45, 2.75) is 46.1 Å². The van der Waals surface area contributed by atoms with Gasteiger partial charge >= 0.3 is 0 Å². The summed E-state index contributed by atoms with van der Waals surface area (Å²) in [4.78, 5) is 12.0. The molecule has 0 aliphatic carbocycles. The number of rotatable bonds is 7. The number of hydrogen-bond donors (Lipinski definition) is 2. The molecule has 3 N–H and O–H groups in total. The van der Waals surface area contributed by atoms with Crippen molar-refractivity contribution in [2.75, 3.05) is 6.54 Å². The molecule has 1 rings (SSSR count). The summed E-state index contributed by atoms with van der Waals surface area (Å²) in [5.74, 6) is 0.178. The lowest BCUT2D eigenvalue weighted by atomic mass is 10.0. The lowest BCUT2D eigenvalue weighted by Crippen LogP contribution is -2.37. The molecule has 1 aromatic rings. The second-order valence-electron chi connectivity index (χ2n) is 5.37. The zero-order valence-electron chi connectivity index (χ0n) is 12.3. The zero-order chi connectivity index (χ0) is 14.3. The predicted molar refractivity (Wildman–Crippen MR) is 79.9 cm³/mol. The molecule has 3 heteroatoms. The van der Waals surface area contributed by atoms with E-state index >= 15 is 0 Å². The molecule has 0 aliphatic heterocycles. The second kappa shape index (κ2) is 7.95. The number of hydrogen-bond acceptors (Lipinski definition) is 2. The van der Waals surface area contributed by atoms with E-state index in [1.165, 1.54) is 11.1 Å². The van der Waals surface area contributed by atoms with Gasteiger partial charge in [0.2, 0.25) is 5.91 Å². The van der Waals surface area contributed by atoms with Crippen LogP contribution in [0.2, 0.25) is 0 Å². The van der Waals surface area contributed by atoms with E-state index in [9.17, 15) is 4.79 Å². The van der Waals surface area contributed by atoms with Crippen molar-refractivity contribution < 1.29 is 4.79 Å². The van der Waals surface area contributed by atoms with Crippen LogP contribution in [0.5, 0.6) is 0 Å². The van der Waals surface area contributed by atoms with Crippen LogP contribution < -0.4 is 11.1 Å². The maximum atomic E-state index is 12.0. The minimum absolute atomic E-state index is 0.0443. The monoisotopic (exact) mass is 262 g/mol. The summed E-state index contributed by atoms with van der Waals surface area (Å²) in [6.07, 6.45) is 2.64. The smallest absolute Gasteiger partial charge is 0.223 e. The molecule has 0 heterocycles. The van der Waals surface area contributed by atoms with Crippen LogP contribution in [0.15, 0.2) is 24.3 Å². The molecule has 19 heavy (non-hydrogen) atoms. The standard InChI is InChI=1S/C16H26N2O/c1-12-7-4-5-9-15(12)11-14(3)18-16(19)13(2)8-6-10-17/h4-5,7,9,13-14H,6,8,10-11,17H2,1-3H3,(H,18,19). The minimum Gasteiger partial charge on any atom is -0.353 e. The van der Waals surface area contributed by atoms with Gasteiger partial charge in [-0.3, -0.25) is 4.79 Å². The first-order chi connectivity index (χ1) is 9.04. The highest BCUT2D eigenvalue weighted by atomic mass is 16.1. The average Bonchev–Trinajstić information content (AvgIpc) is 2.38. The molecule has 0 bridgehead atoms. The first-order valence-electron chi connectivity index (χ1n) is 7.09. The van der Waals surface area contributed by atoms with E-state index in [1.54, 1.807) is 0 Å². The molecule has 0 aromatic heterocycles. The predicted octanol–water partition coefficient (Wildman–Crippen LogP) is 2.42. The summed E-state index contributed by atoms with van der Waals surface area (Å²) in [5.41, 5.74) is 8.04. The maximum Gasteiger partial charge on any atom is 0.223 e. The van der Waals surface area contributed by atoms with E-state index in [4.69, 9.17) is 5.73 Å². The third kappa shape index (κ3) is 5.43. The molecular formula is C16H26N2O. The molecule has 3 nitrogen and oxygen atoms in total. The summed E-state index contributed by atoms with van der Waals surface area (Å²) in [6, 6.07) is 8.47. The van der Waals surface area contributed by atoms with Gasteiger partial charge in [-0.05, 0) is 50.8 Å². The van der Waals surface area contributed by atoms with Crippen LogP contribution >= 0.6 is 0 Å².